The van der Waals surface area contributed by atoms with E-state index in [2.05, 4.69) is 24.4 Å². The zero-order valence-electron chi connectivity index (χ0n) is 15.8. The third kappa shape index (κ3) is 4.14. The molecular formula is C22H27IN2O2. The summed E-state index contributed by atoms with van der Waals surface area (Å²) in [6, 6.07) is 18.0. The summed E-state index contributed by atoms with van der Waals surface area (Å²) in [5.74, 6) is 0. The summed E-state index contributed by atoms with van der Waals surface area (Å²) in [5, 5.41) is 2.99. The molecule has 0 saturated carbocycles. The number of carbonyl (C=O) groups excluding carboxylic acids is 1. The molecule has 4 nitrogen and oxygen atoms in total. The Kier molecular flexibility index (Phi) is 6.11. The van der Waals surface area contributed by atoms with E-state index in [0.717, 1.165) is 55.7 Å². The Morgan fingerprint density at radius 1 is 1.00 bits per heavy atom. The van der Waals surface area contributed by atoms with Gasteiger partial charge in [-0.2, -0.15) is 0 Å². The van der Waals surface area contributed by atoms with Crippen LogP contribution in [0.25, 0.3) is 11.1 Å². The first kappa shape index (κ1) is 20.1. The fourth-order valence-corrected chi connectivity index (χ4v) is 4.45. The van der Waals surface area contributed by atoms with Gasteiger partial charge in [0, 0.05) is 24.8 Å². The van der Waals surface area contributed by atoms with Crippen LogP contribution in [0.2, 0.25) is 0 Å². The van der Waals surface area contributed by atoms with E-state index in [-0.39, 0.29) is 35.7 Å². The second-order valence-corrected chi connectivity index (χ2v) is 7.69. The van der Waals surface area contributed by atoms with Gasteiger partial charge in [-0.25, -0.2) is 4.79 Å². The van der Waals surface area contributed by atoms with Crippen LogP contribution < -0.4 is 29.3 Å². The molecule has 3 heterocycles. The van der Waals surface area contributed by atoms with Gasteiger partial charge in [-0.15, -0.1) is 0 Å². The van der Waals surface area contributed by atoms with E-state index in [1.165, 1.54) is 11.0 Å². The second-order valence-electron chi connectivity index (χ2n) is 7.69. The van der Waals surface area contributed by atoms with Crippen molar-refractivity contribution in [3.63, 3.8) is 0 Å². The van der Waals surface area contributed by atoms with Crippen LogP contribution in [-0.2, 0) is 4.74 Å². The molecule has 5 rings (SSSR count). The molecule has 5 heteroatoms. The number of rotatable bonds is 4. The number of benzene rings is 2. The lowest BCUT2D eigenvalue weighted by atomic mass is 9.81. The number of hydrogen-bond acceptors (Lipinski definition) is 2. The first-order valence-corrected chi connectivity index (χ1v) is 9.63. The number of carbonyl (C=O) groups is 1. The molecule has 0 aromatic heterocycles. The highest BCUT2D eigenvalue weighted by molar-refractivity contribution is 5.91. The van der Waals surface area contributed by atoms with Gasteiger partial charge in [-0.1, -0.05) is 48.5 Å². The number of amides is 1. The number of halogens is 1. The second kappa shape index (κ2) is 8.19. The van der Waals surface area contributed by atoms with Crippen molar-refractivity contribution in [2.75, 3.05) is 31.5 Å². The van der Waals surface area contributed by atoms with Crippen molar-refractivity contribution < 1.29 is 38.0 Å². The molecule has 0 unspecified atom stereocenters. The molecule has 2 aromatic rings. The smallest absolute Gasteiger partial charge is 0.412 e. The monoisotopic (exact) mass is 478 g/mol. The van der Waals surface area contributed by atoms with E-state index in [0.29, 0.717) is 0 Å². The summed E-state index contributed by atoms with van der Waals surface area (Å²) >= 11 is 0. The lowest BCUT2D eigenvalue weighted by Gasteiger charge is -2.53. The third-order valence-electron chi connectivity index (χ3n) is 6.35. The summed E-state index contributed by atoms with van der Waals surface area (Å²) < 4.78 is 7.19. The molecule has 3 aliphatic rings. The molecule has 27 heavy (non-hydrogen) atoms. The predicted molar refractivity (Wildman–Crippen MR) is 104 cm³/mol. The van der Waals surface area contributed by atoms with E-state index < -0.39 is 0 Å². The standard InChI is InChI=1S/C22H26N2O2.HI/c1-2-24-15-12-22(13-16-24,14-17-24)26-21(25)23-20-11-7-6-10-19(20)18-8-4-3-5-9-18;/h3-11H,2,12-17H2,1H3;1H. The molecule has 1 amide bonds. The van der Waals surface area contributed by atoms with Crippen LogP contribution in [0.4, 0.5) is 10.5 Å². The number of anilines is 1. The Labute approximate surface area is 178 Å². The van der Waals surface area contributed by atoms with Crippen molar-refractivity contribution in [3.8, 4) is 11.1 Å². The highest BCUT2D eigenvalue weighted by Crippen LogP contribution is 2.40. The molecule has 0 radical (unpaired) electrons. The lowest BCUT2D eigenvalue weighted by Crippen LogP contribution is -3.00. The fraction of sp³-hybridized carbons (Fsp3) is 0.409. The third-order valence-corrected chi connectivity index (χ3v) is 6.35. The molecule has 0 spiro atoms. The molecule has 144 valence electrons. The molecule has 0 aliphatic carbocycles. The van der Waals surface area contributed by atoms with Crippen molar-refractivity contribution in [2.24, 2.45) is 0 Å². The van der Waals surface area contributed by atoms with Gasteiger partial charge in [0.2, 0.25) is 0 Å². The minimum Gasteiger partial charge on any atom is -1.00 e. The van der Waals surface area contributed by atoms with E-state index in [1.807, 2.05) is 42.5 Å². The first-order valence-electron chi connectivity index (χ1n) is 9.63. The van der Waals surface area contributed by atoms with Gasteiger partial charge in [0.05, 0.1) is 31.9 Å². The molecule has 0 atom stereocenters. The summed E-state index contributed by atoms with van der Waals surface area (Å²) in [4.78, 5) is 12.7. The zero-order chi connectivity index (χ0) is 18.0. The number of quaternary nitrogens is 1. The normalized spacial score (nSPS) is 26.1. The highest BCUT2D eigenvalue weighted by atomic mass is 127. The minimum atomic E-state index is -0.327. The first-order chi connectivity index (χ1) is 12.6. The Morgan fingerprint density at radius 3 is 2.22 bits per heavy atom. The van der Waals surface area contributed by atoms with Crippen LogP contribution in [0.1, 0.15) is 26.2 Å². The Morgan fingerprint density at radius 2 is 1.59 bits per heavy atom. The molecule has 2 aromatic carbocycles. The van der Waals surface area contributed by atoms with E-state index >= 15 is 0 Å². The fourth-order valence-electron chi connectivity index (χ4n) is 4.45. The molecule has 3 aliphatic heterocycles. The number of hydrogen-bond donors (Lipinski definition) is 1. The van der Waals surface area contributed by atoms with Gasteiger partial charge in [0.15, 0.2) is 0 Å². The van der Waals surface area contributed by atoms with Crippen molar-refractivity contribution in [2.45, 2.75) is 31.8 Å². The van der Waals surface area contributed by atoms with Gasteiger partial charge >= 0.3 is 6.09 Å². The lowest BCUT2D eigenvalue weighted by molar-refractivity contribution is -0.943. The molecular weight excluding hydrogens is 451 g/mol. The number of para-hydroxylation sites is 1. The van der Waals surface area contributed by atoms with Crippen molar-refractivity contribution in [1.29, 1.82) is 0 Å². The predicted octanol–water partition coefficient (Wildman–Crippen LogP) is 1.68. The topological polar surface area (TPSA) is 38.3 Å². The number of piperidine rings is 3. The average Bonchev–Trinajstić information content (AvgIpc) is 2.70. The summed E-state index contributed by atoms with van der Waals surface area (Å²) in [5.41, 5.74) is 2.63. The number of fused-ring (bicyclic) bond motifs is 3. The van der Waals surface area contributed by atoms with Crippen molar-refractivity contribution in [1.82, 2.24) is 0 Å². The minimum absolute atomic E-state index is 0. The maximum absolute atomic E-state index is 12.7. The largest absolute Gasteiger partial charge is 1.00 e. The number of nitrogens with zero attached hydrogens (tertiary/aromatic N) is 1. The van der Waals surface area contributed by atoms with Crippen LogP contribution in [0.5, 0.6) is 0 Å². The number of ether oxygens (including phenoxy) is 1. The Balaban J connectivity index is 0.00000210. The maximum Gasteiger partial charge on any atom is 0.412 e. The van der Waals surface area contributed by atoms with Gasteiger partial charge < -0.3 is 33.2 Å². The Bertz CT molecular complexity index is 769. The maximum atomic E-state index is 12.7. The molecule has 3 fully saturated rings. The van der Waals surface area contributed by atoms with Crippen LogP contribution in [0, 0.1) is 0 Å². The summed E-state index contributed by atoms with van der Waals surface area (Å²) in [7, 11) is 0. The van der Waals surface area contributed by atoms with Crippen molar-refractivity contribution >= 4 is 11.8 Å². The molecule has 3 saturated heterocycles. The van der Waals surface area contributed by atoms with Crippen LogP contribution in [-0.4, -0.2) is 42.4 Å². The SMILES string of the molecule is CC[N+]12CCC(OC(=O)Nc3ccccc3-c3ccccc3)(CC1)CC2.[I-]. The highest BCUT2D eigenvalue weighted by Gasteiger charge is 2.50. The van der Waals surface area contributed by atoms with Gasteiger partial charge in [-0.05, 0) is 18.6 Å². The number of nitrogens with one attached hydrogen (secondary N) is 1. The van der Waals surface area contributed by atoms with Gasteiger partial charge in [0.25, 0.3) is 0 Å². The van der Waals surface area contributed by atoms with Crippen LogP contribution in [0.15, 0.2) is 54.6 Å². The van der Waals surface area contributed by atoms with Gasteiger partial charge in [-0.3, -0.25) is 5.32 Å². The summed E-state index contributed by atoms with van der Waals surface area (Å²) in [6.45, 7) is 6.85. The quantitative estimate of drug-likeness (QED) is 0.537. The van der Waals surface area contributed by atoms with Crippen molar-refractivity contribution in [3.05, 3.63) is 54.6 Å². The van der Waals surface area contributed by atoms with Crippen LogP contribution in [0.3, 0.4) is 0 Å². The van der Waals surface area contributed by atoms with E-state index in [4.69, 9.17) is 4.74 Å². The molecule has 2 bridgehead atoms. The van der Waals surface area contributed by atoms with E-state index in [1.54, 1.807) is 0 Å². The average molecular weight is 478 g/mol. The van der Waals surface area contributed by atoms with E-state index in [9.17, 15) is 4.79 Å². The van der Waals surface area contributed by atoms with Crippen LogP contribution >= 0.6 is 0 Å². The zero-order valence-corrected chi connectivity index (χ0v) is 17.9. The summed E-state index contributed by atoms with van der Waals surface area (Å²) in [6.07, 6.45) is 2.62. The molecule has 1 N–H and O–H groups in total. The Hall–Kier alpha value is -1.60. The van der Waals surface area contributed by atoms with Gasteiger partial charge in [0.1, 0.15) is 5.60 Å².